The number of nitrogens with two attached hydrogens (primary N) is 3. The molecule has 10 rings (SSSR count). The number of aromatic nitrogens is 11. The number of aryl methyl sites for hydroxylation is 4. The van der Waals surface area contributed by atoms with Crippen LogP contribution >= 0.6 is 0 Å². The molecule has 0 spiro atoms. The van der Waals surface area contributed by atoms with Crippen LogP contribution in [0.4, 0.5) is 32.0 Å². The third kappa shape index (κ3) is 29.8. The maximum absolute atomic E-state index is 14.4. The number of urea groups is 1. The fraction of sp³-hybridized carbons (Fsp3) is 0.534. The van der Waals surface area contributed by atoms with Crippen molar-refractivity contribution in [3.63, 3.8) is 0 Å². The average molecular weight is 1820 g/mol. The monoisotopic (exact) mass is 1820 g/mol. The minimum atomic E-state index is -1.11. The van der Waals surface area contributed by atoms with Crippen LogP contribution in [0.15, 0.2) is 78.9 Å². The second-order valence-electron chi connectivity index (χ2n) is 33.4. The lowest BCUT2D eigenvalue weighted by molar-refractivity contribution is -0.135. The van der Waals surface area contributed by atoms with Crippen molar-refractivity contribution in [3.05, 3.63) is 130 Å². The molecule has 0 aliphatic carbocycles. The molecular weight excluding hydrogens is 1700 g/mol. The lowest BCUT2D eigenvalue weighted by Crippen LogP contribution is -2.54. The summed E-state index contributed by atoms with van der Waals surface area (Å²) in [4.78, 5) is 164. The highest BCUT2D eigenvalue weighted by Gasteiger charge is 2.36. The van der Waals surface area contributed by atoms with Gasteiger partial charge in [0.1, 0.15) is 58.8 Å². The molecule has 3 atom stereocenters. The summed E-state index contributed by atoms with van der Waals surface area (Å²) < 4.78 is 48.2. The number of carbonyl (C=O) groups is 11. The summed E-state index contributed by atoms with van der Waals surface area (Å²) in [5.41, 5.74) is 23.5. The molecule has 131 heavy (non-hydrogen) atoms. The molecule has 43 nitrogen and oxygen atoms in total. The number of imidazole rings is 2. The normalized spacial score (nSPS) is 13.8. The summed E-state index contributed by atoms with van der Waals surface area (Å²) in [6, 6.07) is 14.0. The van der Waals surface area contributed by atoms with Crippen molar-refractivity contribution < 1.29 is 90.7 Å². The van der Waals surface area contributed by atoms with Gasteiger partial charge in [0.05, 0.1) is 101 Å². The zero-order chi connectivity index (χ0) is 94.4. The quantitative estimate of drug-likeness (QED) is 0.0114. The first kappa shape index (κ1) is 100. The molecule has 0 unspecified atom stereocenters. The predicted octanol–water partition coefficient (Wildman–Crippen LogP) is 6.24. The number of hydrogen-bond acceptors (Lipinski definition) is 26. The summed E-state index contributed by atoms with van der Waals surface area (Å²) in [5.74, 6) is -2.31. The molecule has 7 heterocycles. The van der Waals surface area contributed by atoms with Crippen molar-refractivity contribution in [3.8, 4) is 5.75 Å². The van der Waals surface area contributed by atoms with Crippen LogP contribution in [0.2, 0.25) is 0 Å². The minimum Gasteiger partial charge on any atom is -0.491 e. The van der Waals surface area contributed by atoms with E-state index < -0.39 is 83.3 Å². The van der Waals surface area contributed by atoms with Crippen LogP contribution in [-0.4, -0.2) is 251 Å². The first-order chi connectivity index (χ1) is 62.7. The lowest BCUT2D eigenvalue weighted by Gasteiger charge is -2.34. The number of carbonyl (C=O) groups excluding carboxylic acids is 11. The molecule has 1 saturated heterocycles. The van der Waals surface area contributed by atoms with E-state index in [9.17, 15) is 52.7 Å². The molecule has 2 aliphatic heterocycles. The van der Waals surface area contributed by atoms with Gasteiger partial charge in [0, 0.05) is 81.5 Å². The highest BCUT2D eigenvalue weighted by molar-refractivity contribution is 6.05. The van der Waals surface area contributed by atoms with Gasteiger partial charge in [-0.15, -0.1) is 10.2 Å². The summed E-state index contributed by atoms with van der Waals surface area (Å²) in [6.45, 7) is 26.6. The predicted molar refractivity (Wildman–Crippen MR) is 481 cm³/mol. The summed E-state index contributed by atoms with van der Waals surface area (Å²) in [5, 5.41) is 37.7. The number of hydroxylamine groups is 1. The van der Waals surface area contributed by atoms with Crippen molar-refractivity contribution >= 4 is 105 Å². The van der Waals surface area contributed by atoms with Crippen LogP contribution in [0, 0.1) is 25.7 Å². The van der Waals surface area contributed by atoms with Crippen molar-refractivity contribution in [2.45, 2.75) is 197 Å². The zero-order valence-electron chi connectivity index (χ0n) is 76.3. The van der Waals surface area contributed by atoms with Gasteiger partial charge in [-0.25, -0.2) is 24.4 Å². The van der Waals surface area contributed by atoms with E-state index in [1.54, 1.807) is 139 Å². The number of benzene rings is 3. The Bertz CT molecular complexity index is 5290. The Labute approximate surface area is 758 Å². The van der Waals surface area contributed by atoms with E-state index in [-0.39, 0.29) is 138 Å². The van der Waals surface area contributed by atoms with Gasteiger partial charge in [-0.3, -0.25) is 63.2 Å². The molecule has 0 radical (unpaired) electrons. The number of rotatable bonds is 50. The number of nitrogens with one attached hydrogen (secondary N) is 8. The molecule has 710 valence electrons. The number of ether oxygens (including phenoxy) is 7. The number of hydrogen-bond donors (Lipinski definition) is 11. The number of primary amides is 3. The number of nitrogens with zero attached hydrogens (tertiary/aromatic N) is 13. The molecule has 0 saturated carbocycles. The first-order valence-electron chi connectivity index (χ1n) is 44.2. The number of amides is 12. The average Bonchev–Trinajstić information content (AvgIpc) is 1.63. The highest BCUT2D eigenvalue weighted by atomic mass is 16.7. The van der Waals surface area contributed by atoms with Crippen LogP contribution in [0.3, 0.4) is 0 Å². The molecule has 2 aliphatic rings. The highest BCUT2D eigenvalue weighted by Crippen LogP contribution is 2.34. The number of likely N-dealkylation sites (tertiary alicyclic amines) is 1. The third-order valence-corrected chi connectivity index (χ3v) is 21.3. The minimum absolute atomic E-state index is 0.0133. The number of allylic oxidation sites excluding steroid dienone is 2. The summed E-state index contributed by atoms with van der Waals surface area (Å²) in [6.07, 6.45) is 5.01. The van der Waals surface area contributed by atoms with Crippen molar-refractivity contribution in [2.75, 3.05) is 115 Å². The number of anilines is 3. The fourth-order valence-corrected chi connectivity index (χ4v) is 14.9. The molecule has 3 aromatic carbocycles. The Kier molecular flexibility index (Phi) is 37.2. The SMILES string of the molecule is CCn1nc(C)cc1C(=O)Nc1nc2cc(C(N)=O)ccc2n1C/C=C/Cn1c(NC(=O)c2cc(C)nn2CC)nc2cc(C(N)=O)cc(OCCCN3CCC(c4nnc5n4CCN(C(=O)[C@H](CC(C)C)NC(=O)OCc4ccc(NC(=O)[C@H](CCCNC(N)=O)NC(=O)[C@@H](NC(=O)CCOCCOCCOCCOCCONC(=O)OC(C)(C)C)C(C)C)cc4)C5)CC3)c21. The molecule has 1 fully saturated rings. The smallest absolute Gasteiger partial charge is 0.431 e. The van der Waals surface area contributed by atoms with Gasteiger partial charge in [0.25, 0.3) is 11.8 Å². The Morgan fingerprint density at radius 1 is 0.611 bits per heavy atom. The zero-order valence-corrected chi connectivity index (χ0v) is 76.3. The number of alkyl carbamates (subject to hydrolysis) is 1. The maximum atomic E-state index is 14.4. The second kappa shape index (κ2) is 48.6. The van der Waals surface area contributed by atoms with E-state index in [0.29, 0.717) is 140 Å². The Morgan fingerprint density at radius 2 is 1.21 bits per heavy atom. The molecule has 12 amide bonds. The Hall–Kier alpha value is -13.0. The molecule has 5 aromatic heterocycles. The maximum Gasteiger partial charge on any atom is 0.431 e. The summed E-state index contributed by atoms with van der Waals surface area (Å²) in [7, 11) is 0. The van der Waals surface area contributed by atoms with Gasteiger partial charge < -0.3 is 100 Å². The van der Waals surface area contributed by atoms with Crippen LogP contribution in [0.25, 0.3) is 22.1 Å². The van der Waals surface area contributed by atoms with Crippen molar-refractivity contribution in [1.82, 2.24) is 90.0 Å². The van der Waals surface area contributed by atoms with E-state index in [2.05, 4.69) is 72.6 Å². The van der Waals surface area contributed by atoms with Gasteiger partial charge in [0.15, 0.2) is 5.82 Å². The van der Waals surface area contributed by atoms with E-state index in [0.717, 1.165) is 31.8 Å². The molecular formula is C88H124N24O19. The fourth-order valence-electron chi connectivity index (χ4n) is 14.9. The van der Waals surface area contributed by atoms with Gasteiger partial charge in [-0.1, -0.05) is 52.0 Å². The Balaban J connectivity index is 0.674. The summed E-state index contributed by atoms with van der Waals surface area (Å²) >= 11 is 0. The van der Waals surface area contributed by atoms with Crippen molar-refractivity contribution in [2.24, 2.45) is 29.0 Å². The van der Waals surface area contributed by atoms with E-state index in [1.165, 1.54) is 0 Å². The molecule has 14 N–H and O–H groups in total. The van der Waals surface area contributed by atoms with Gasteiger partial charge in [-0.05, 0) is 172 Å². The van der Waals surface area contributed by atoms with Gasteiger partial charge in [-0.2, -0.15) is 15.7 Å². The largest absolute Gasteiger partial charge is 0.491 e. The van der Waals surface area contributed by atoms with Gasteiger partial charge in [0.2, 0.25) is 47.3 Å². The van der Waals surface area contributed by atoms with E-state index in [4.69, 9.17) is 65.2 Å². The topological polar surface area (TPSA) is 544 Å². The van der Waals surface area contributed by atoms with Crippen molar-refractivity contribution in [1.29, 1.82) is 0 Å². The standard InChI is InChI=1S/C88H124N24O19/c1-12-111-68(47-56(7)103-111)79(117)99-84-95-64-49-60(75(89)114)21-24-67(64)108(84)30-14-15-31-110-74-65(96-85(110)100-80(118)69-48-57(8)104-112(69)13-2)50-61(76(90)115)51-70(74)128-36-17-29-106-32-25-59(26-33-106)77-102-101-71-52-107(34-35-109(71)77)82(120)66(46-54(3)4)97-86(122)129-53-58-19-22-62(23-20-58)93-78(116)63(18-16-28-92-83(91)121)94-81(119)73(55(5)6)98-72(113)27-37-124-38-39-125-40-41-126-42-43-127-44-45-130-105-87(123)131-88(9,10)11/h14-15,19-24,47-51,54-55,59,63,66,73H,12-13,16-18,25-46,52-53H2,1-11H3,(H2,89,114)(H2,90,115)(H,93,116)(H,94,119)(H,97,122)(H,98,113)(H,105,123)(H3,91,92,121)(H,95,99,117)(H,96,100,118)/b15-14+/t63-,66-,73-/m0/s1. The van der Waals surface area contributed by atoms with E-state index in [1.807, 2.05) is 39.8 Å². The number of fused-ring (bicyclic) bond motifs is 3. The second-order valence-corrected chi connectivity index (χ2v) is 33.4. The number of piperidine rings is 1. The molecule has 0 bridgehead atoms. The first-order valence-corrected chi connectivity index (χ1v) is 44.2. The lowest BCUT2D eigenvalue weighted by atomic mass is 9.95. The van der Waals surface area contributed by atoms with Crippen LogP contribution < -0.4 is 64.6 Å². The van der Waals surface area contributed by atoms with E-state index >= 15 is 0 Å². The Morgan fingerprint density at radius 3 is 1.82 bits per heavy atom. The van der Waals surface area contributed by atoms with Crippen LogP contribution in [0.1, 0.15) is 183 Å². The van der Waals surface area contributed by atoms with Crippen LogP contribution in [0.5, 0.6) is 5.75 Å². The van der Waals surface area contributed by atoms with Gasteiger partial charge >= 0.3 is 18.2 Å². The molecule has 43 heteroatoms. The molecule has 8 aromatic rings. The third-order valence-electron chi connectivity index (χ3n) is 21.3. The van der Waals surface area contributed by atoms with Crippen LogP contribution in [-0.2, 0) is 98.3 Å².